The number of nitrogens with zero attached hydrogens (tertiary/aromatic N) is 3. The minimum Gasteiger partial charge on any atom is -0.306 e. The Kier molecular flexibility index (Phi) is 4.91. The quantitative estimate of drug-likeness (QED) is 0.582. The molecule has 144 valence electrons. The van der Waals surface area contributed by atoms with Gasteiger partial charge in [0.1, 0.15) is 17.0 Å². The molecule has 0 saturated heterocycles. The van der Waals surface area contributed by atoms with Gasteiger partial charge in [-0.2, -0.15) is 0 Å². The van der Waals surface area contributed by atoms with Crippen molar-refractivity contribution in [1.29, 1.82) is 0 Å². The first-order valence-electron chi connectivity index (χ1n) is 9.30. The van der Waals surface area contributed by atoms with Crippen molar-refractivity contribution in [1.82, 2.24) is 14.5 Å². The normalized spacial score (nSPS) is 10.8. The fourth-order valence-electron chi connectivity index (χ4n) is 3.18. The number of aromatic nitrogens is 3. The van der Waals surface area contributed by atoms with Crippen LogP contribution in [0.1, 0.15) is 27.0 Å². The maximum atomic E-state index is 13.2. The molecule has 6 nitrogen and oxygen atoms in total. The van der Waals surface area contributed by atoms with Gasteiger partial charge >= 0.3 is 0 Å². The van der Waals surface area contributed by atoms with Gasteiger partial charge in [0.25, 0.3) is 11.5 Å². The molecular weight excluding hydrogens is 364 g/mol. The van der Waals surface area contributed by atoms with E-state index < -0.39 is 5.91 Å². The van der Waals surface area contributed by atoms with E-state index in [0.717, 1.165) is 22.1 Å². The Morgan fingerprint density at radius 1 is 1.00 bits per heavy atom. The number of benzene rings is 1. The number of pyridine rings is 3. The number of hydrogen-bond acceptors (Lipinski definition) is 4. The van der Waals surface area contributed by atoms with E-state index in [1.807, 2.05) is 50.2 Å². The van der Waals surface area contributed by atoms with E-state index in [1.54, 1.807) is 35.2 Å². The summed E-state index contributed by atoms with van der Waals surface area (Å²) in [5.74, 6) is -0.0477. The Bertz CT molecular complexity index is 1260. The van der Waals surface area contributed by atoms with E-state index in [0.29, 0.717) is 18.0 Å². The Balaban J connectivity index is 1.80. The number of carbonyl (C=O) groups is 1. The monoisotopic (exact) mass is 384 g/mol. The zero-order valence-electron chi connectivity index (χ0n) is 16.2. The van der Waals surface area contributed by atoms with E-state index in [2.05, 4.69) is 15.3 Å². The summed E-state index contributed by atoms with van der Waals surface area (Å²) in [7, 11) is 0. The fraction of sp³-hybridized carbons (Fsp3) is 0.130. The maximum absolute atomic E-state index is 13.2. The summed E-state index contributed by atoms with van der Waals surface area (Å²) in [5, 5.41) is 3.47. The molecule has 3 aromatic heterocycles. The van der Waals surface area contributed by atoms with Gasteiger partial charge in [-0.25, -0.2) is 9.97 Å². The third-order valence-corrected chi connectivity index (χ3v) is 4.80. The van der Waals surface area contributed by atoms with Gasteiger partial charge in [0.15, 0.2) is 0 Å². The van der Waals surface area contributed by atoms with Gasteiger partial charge < -0.3 is 5.32 Å². The molecule has 0 aliphatic rings. The van der Waals surface area contributed by atoms with Crippen molar-refractivity contribution >= 4 is 22.8 Å². The van der Waals surface area contributed by atoms with Gasteiger partial charge in [0.05, 0.1) is 6.54 Å². The summed E-state index contributed by atoms with van der Waals surface area (Å²) < 4.78 is 1.54. The van der Waals surface area contributed by atoms with Gasteiger partial charge in [0, 0.05) is 17.8 Å². The molecular formula is C23H20N4O2. The van der Waals surface area contributed by atoms with E-state index in [1.165, 1.54) is 0 Å². The van der Waals surface area contributed by atoms with Crippen molar-refractivity contribution in [3.05, 3.63) is 99.6 Å². The Morgan fingerprint density at radius 3 is 2.48 bits per heavy atom. The summed E-state index contributed by atoms with van der Waals surface area (Å²) in [6.45, 7) is 4.19. The van der Waals surface area contributed by atoms with Crippen molar-refractivity contribution in [2.45, 2.75) is 20.4 Å². The lowest BCUT2D eigenvalue weighted by atomic mass is 10.1. The number of aryl methyl sites for hydroxylation is 2. The molecule has 3 heterocycles. The highest BCUT2D eigenvalue weighted by Gasteiger charge is 2.17. The molecule has 0 radical (unpaired) electrons. The molecule has 4 aromatic rings. The average Bonchev–Trinajstić information content (AvgIpc) is 2.73. The van der Waals surface area contributed by atoms with Crippen molar-refractivity contribution in [2.75, 3.05) is 5.32 Å². The van der Waals surface area contributed by atoms with E-state index in [4.69, 9.17) is 0 Å². The second-order valence-electron chi connectivity index (χ2n) is 6.97. The van der Waals surface area contributed by atoms with Crippen LogP contribution in [0.15, 0.2) is 71.8 Å². The van der Waals surface area contributed by atoms with Crippen LogP contribution in [0.5, 0.6) is 0 Å². The predicted molar refractivity (Wildman–Crippen MR) is 113 cm³/mol. The van der Waals surface area contributed by atoms with Gasteiger partial charge in [-0.1, -0.05) is 35.9 Å². The topological polar surface area (TPSA) is 76.9 Å². The fourth-order valence-corrected chi connectivity index (χ4v) is 3.18. The number of anilines is 1. The summed E-state index contributed by atoms with van der Waals surface area (Å²) in [6.07, 6.45) is 3.24. The van der Waals surface area contributed by atoms with Crippen molar-refractivity contribution < 1.29 is 4.79 Å². The minimum atomic E-state index is -0.486. The number of rotatable bonds is 4. The first kappa shape index (κ1) is 18.6. The van der Waals surface area contributed by atoms with Crippen LogP contribution in [0.25, 0.3) is 11.0 Å². The molecule has 1 aromatic carbocycles. The third-order valence-electron chi connectivity index (χ3n) is 4.80. The summed E-state index contributed by atoms with van der Waals surface area (Å²) in [6, 6.07) is 16.8. The second-order valence-corrected chi connectivity index (χ2v) is 6.97. The lowest BCUT2D eigenvalue weighted by molar-refractivity contribution is 0.102. The largest absolute Gasteiger partial charge is 0.306 e. The van der Waals surface area contributed by atoms with Crippen LogP contribution < -0.4 is 10.9 Å². The molecule has 0 aliphatic heterocycles. The first-order valence-corrected chi connectivity index (χ1v) is 9.30. The number of amides is 1. The highest BCUT2D eigenvalue weighted by atomic mass is 16.2. The van der Waals surface area contributed by atoms with Gasteiger partial charge in [-0.05, 0) is 49.2 Å². The molecule has 0 spiro atoms. The van der Waals surface area contributed by atoms with Crippen LogP contribution in [-0.2, 0) is 6.54 Å². The predicted octanol–water partition coefficient (Wildman–Crippen LogP) is 3.71. The molecule has 0 aliphatic carbocycles. The summed E-state index contributed by atoms with van der Waals surface area (Å²) >= 11 is 0. The van der Waals surface area contributed by atoms with Crippen molar-refractivity contribution in [3.63, 3.8) is 0 Å². The van der Waals surface area contributed by atoms with E-state index >= 15 is 0 Å². The van der Waals surface area contributed by atoms with Crippen molar-refractivity contribution in [2.24, 2.45) is 0 Å². The van der Waals surface area contributed by atoms with Gasteiger partial charge in [-0.3, -0.25) is 14.2 Å². The molecule has 0 unspecified atom stereocenters. The molecule has 0 saturated carbocycles. The Hall–Kier alpha value is -3.80. The molecule has 4 rings (SSSR count). The van der Waals surface area contributed by atoms with E-state index in [-0.39, 0.29) is 11.1 Å². The van der Waals surface area contributed by atoms with Crippen LogP contribution in [0.3, 0.4) is 0 Å². The average molecular weight is 384 g/mol. The molecule has 0 atom stereocenters. The van der Waals surface area contributed by atoms with Gasteiger partial charge in [-0.15, -0.1) is 0 Å². The Labute approximate surface area is 167 Å². The van der Waals surface area contributed by atoms with Crippen LogP contribution in [0.2, 0.25) is 0 Å². The van der Waals surface area contributed by atoms with Crippen LogP contribution in [0, 0.1) is 13.8 Å². The number of hydrogen-bond donors (Lipinski definition) is 1. The zero-order valence-corrected chi connectivity index (χ0v) is 16.2. The number of nitrogens with one attached hydrogen (secondary N) is 1. The van der Waals surface area contributed by atoms with Gasteiger partial charge in [0.2, 0.25) is 0 Å². The second kappa shape index (κ2) is 7.67. The molecule has 0 fully saturated rings. The Morgan fingerprint density at radius 2 is 1.72 bits per heavy atom. The highest BCUT2D eigenvalue weighted by molar-refractivity contribution is 6.05. The lowest BCUT2D eigenvalue weighted by Gasteiger charge is -2.13. The smallest absolute Gasteiger partial charge is 0.265 e. The maximum Gasteiger partial charge on any atom is 0.265 e. The SMILES string of the molecule is Cc1ccc(Cn2c(=O)c(C(=O)Nc3ncccc3C)cc3cccnc32)cc1. The number of fused-ring (bicyclic) bond motifs is 1. The zero-order chi connectivity index (χ0) is 20.4. The molecule has 1 amide bonds. The molecule has 29 heavy (non-hydrogen) atoms. The number of carbonyl (C=O) groups excluding carboxylic acids is 1. The summed E-state index contributed by atoms with van der Waals surface area (Å²) in [5.41, 5.74) is 3.14. The molecule has 1 N–H and O–H groups in total. The standard InChI is InChI=1S/C23H20N4O2/c1-15-7-9-17(10-8-15)14-27-21-18(6-4-12-25-21)13-19(23(27)29)22(28)26-20-16(2)5-3-11-24-20/h3-13H,14H2,1-2H3,(H,24,26,28). The van der Waals surface area contributed by atoms with Crippen LogP contribution >= 0.6 is 0 Å². The molecule has 6 heteroatoms. The van der Waals surface area contributed by atoms with E-state index in [9.17, 15) is 9.59 Å². The minimum absolute atomic E-state index is 0.0580. The van der Waals surface area contributed by atoms with Crippen LogP contribution in [0.4, 0.5) is 5.82 Å². The molecule has 0 bridgehead atoms. The van der Waals surface area contributed by atoms with Crippen molar-refractivity contribution in [3.8, 4) is 0 Å². The van der Waals surface area contributed by atoms with Crippen LogP contribution in [-0.4, -0.2) is 20.4 Å². The first-order chi connectivity index (χ1) is 14.0. The summed E-state index contributed by atoms with van der Waals surface area (Å²) in [4.78, 5) is 34.7. The highest BCUT2D eigenvalue weighted by Crippen LogP contribution is 2.15. The lowest BCUT2D eigenvalue weighted by Crippen LogP contribution is -2.30. The third kappa shape index (κ3) is 3.78.